The van der Waals surface area contributed by atoms with Crippen LogP contribution in [0, 0.1) is 5.92 Å². The zero-order valence-electron chi connectivity index (χ0n) is 5.54. The molecule has 1 N–H and O–H groups in total. The van der Waals surface area contributed by atoms with E-state index in [1.165, 1.54) is 0 Å². The smallest absolute Gasteiger partial charge is 0.0845 e. The van der Waals surface area contributed by atoms with Crippen molar-refractivity contribution in [3.63, 3.8) is 0 Å². The van der Waals surface area contributed by atoms with E-state index in [-0.39, 0.29) is 12.0 Å². The lowest BCUT2D eigenvalue weighted by Gasteiger charge is -2.09. The van der Waals surface area contributed by atoms with Gasteiger partial charge in [-0.2, -0.15) is 0 Å². The largest absolute Gasteiger partial charge is 0.390 e. The van der Waals surface area contributed by atoms with Gasteiger partial charge in [-0.15, -0.1) is 0 Å². The SMILES string of the molecule is COC[C@@H]1COC[C@H]1O. The lowest BCUT2D eigenvalue weighted by Crippen LogP contribution is -2.21. The first-order valence-electron chi connectivity index (χ1n) is 3.09. The van der Waals surface area contributed by atoms with Crippen LogP contribution in [0.3, 0.4) is 0 Å². The van der Waals surface area contributed by atoms with Gasteiger partial charge < -0.3 is 14.6 Å². The maximum atomic E-state index is 9.12. The molecule has 1 heterocycles. The van der Waals surface area contributed by atoms with E-state index in [1.807, 2.05) is 0 Å². The zero-order valence-corrected chi connectivity index (χ0v) is 5.54. The van der Waals surface area contributed by atoms with Gasteiger partial charge in [-0.25, -0.2) is 0 Å². The molecule has 0 spiro atoms. The van der Waals surface area contributed by atoms with Crippen LogP contribution in [0.2, 0.25) is 0 Å². The van der Waals surface area contributed by atoms with Gasteiger partial charge in [0, 0.05) is 13.0 Å². The van der Waals surface area contributed by atoms with E-state index in [2.05, 4.69) is 0 Å². The maximum absolute atomic E-state index is 9.12. The molecule has 3 heteroatoms. The van der Waals surface area contributed by atoms with Gasteiger partial charge in [-0.1, -0.05) is 0 Å². The highest BCUT2D eigenvalue weighted by atomic mass is 16.5. The number of rotatable bonds is 2. The summed E-state index contributed by atoms with van der Waals surface area (Å²) < 4.78 is 9.85. The number of methoxy groups -OCH3 is 1. The second-order valence-corrected chi connectivity index (χ2v) is 2.32. The highest BCUT2D eigenvalue weighted by molar-refractivity contribution is 4.72. The third kappa shape index (κ3) is 1.64. The molecule has 0 aromatic heterocycles. The van der Waals surface area contributed by atoms with Gasteiger partial charge in [0.25, 0.3) is 0 Å². The quantitative estimate of drug-likeness (QED) is 0.557. The van der Waals surface area contributed by atoms with Crippen molar-refractivity contribution in [2.45, 2.75) is 6.10 Å². The number of hydrogen-bond donors (Lipinski definition) is 1. The Morgan fingerprint density at radius 2 is 2.44 bits per heavy atom. The second kappa shape index (κ2) is 3.15. The highest BCUT2D eigenvalue weighted by Gasteiger charge is 2.25. The Balaban J connectivity index is 2.22. The fourth-order valence-corrected chi connectivity index (χ4v) is 0.961. The van der Waals surface area contributed by atoms with Crippen molar-refractivity contribution < 1.29 is 14.6 Å². The minimum absolute atomic E-state index is 0.190. The summed E-state index contributed by atoms with van der Waals surface area (Å²) in [5.74, 6) is 0.190. The minimum Gasteiger partial charge on any atom is -0.390 e. The molecule has 0 aromatic rings. The van der Waals surface area contributed by atoms with Crippen LogP contribution in [0.5, 0.6) is 0 Å². The molecule has 0 amide bonds. The van der Waals surface area contributed by atoms with E-state index in [4.69, 9.17) is 14.6 Å². The first-order valence-corrected chi connectivity index (χ1v) is 3.09. The molecule has 0 aromatic carbocycles. The summed E-state index contributed by atoms with van der Waals surface area (Å²) in [6, 6.07) is 0. The van der Waals surface area contributed by atoms with Crippen LogP contribution < -0.4 is 0 Å². The van der Waals surface area contributed by atoms with Gasteiger partial charge in [0.2, 0.25) is 0 Å². The molecule has 0 radical (unpaired) electrons. The molecule has 3 nitrogen and oxygen atoms in total. The molecule has 0 aliphatic carbocycles. The Morgan fingerprint density at radius 3 is 2.89 bits per heavy atom. The summed E-state index contributed by atoms with van der Waals surface area (Å²) in [5.41, 5.74) is 0. The normalized spacial score (nSPS) is 35.3. The lowest BCUT2D eigenvalue weighted by atomic mass is 10.1. The number of ether oxygens (including phenoxy) is 2. The van der Waals surface area contributed by atoms with E-state index in [0.717, 1.165) is 0 Å². The molecule has 1 aliphatic rings. The van der Waals surface area contributed by atoms with E-state index in [9.17, 15) is 0 Å². The molecule has 9 heavy (non-hydrogen) atoms. The van der Waals surface area contributed by atoms with Gasteiger partial charge in [-0.3, -0.25) is 0 Å². The third-order valence-electron chi connectivity index (χ3n) is 1.55. The maximum Gasteiger partial charge on any atom is 0.0845 e. The molecule has 0 bridgehead atoms. The molecule has 0 saturated carbocycles. The summed E-state index contributed by atoms with van der Waals surface area (Å²) in [6.07, 6.45) is -0.315. The highest BCUT2D eigenvalue weighted by Crippen LogP contribution is 2.12. The molecule has 1 fully saturated rings. The molecular weight excluding hydrogens is 120 g/mol. The van der Waals surface area contributed by atoms with Crippen molar-refractivity contribution in [2.24, 2.45) is 5.92 Å². The lowest BCUT2D eigenvalue weighted by molar-refractivity contribution is 0.0786. The summed E-state index contributed by atoms with van der Waals surface area (Å²) in [5, 5.41) is 9.12. The van der Waals surface area contributed by atoms with Crippen LogP contribution in [0.25, 0.3) is 0 Å². The van der Waals surface area contributed by atoms with E-state index < -0.39 is 0 Å². The molecule has 1 aliphatic heterocycles. The van der Waals surface area contributed by atoms with Crippen LogP contribution in [-0.2, 0) is 9.47 Å². The summed E-state index contributed by atoms with van der Waals surface area (Å²) in [7, 11) is 1.63. The Morgan fingerprint density at radius 1 is 1.67 bits per heavy atom. The summed E-state index contributed by atoms with van der Waals surface area (Å²) >= 11 is 0. The third-order valence-corrected chi connectivity index (χ3v) is 1.55. The van der Waals surface area contributed by atoms with Crippen LogP contribution >= 0.6 is 0 Å². The fraction of sp³-hybridized carbons (Fsp3) is 1.00. The number of hydrogen-bond acceptors (Lipinski definition) is 3. The second-order valence-electron chi connectivity index (χ2n) is 2.32. The van der Waals surface area contributed by atoms with Crippen LogP contribution in [0.15, 0.2) is 0 Å². The Kier molecular flexibility index (Phi) is 2.45. The van der Waals surface area contributed by atoms with Crippen molar-refractivity contribution in [2.75, 3.05) is 26.9 Å². The Hall–Kier alpha value is -0.120. The van der Waals surface area contributed by atoms with Crippen LogP contribution in [0.4, 0.5) is 0 Å². The van der Waals surface area contributed by atoms with Crippen molar-refractivity contribution in [3.8, 4) is 0 Å². The standard InChI is InChI=1S/C6H12O3/c1-8-2-5-3-9-4-6(5)7/h5-7H,2-4H2,1H3/t5-,6-/m1/s1. The monoisotopic (exact) mass is 132 g/mol. The van der Waals surface area contributed by atoms with Gasteiger partial charge in [0.15, 0.2) is 0 Å². The molecule has 54 valence electrons. The zero-order chi connectivity index (χ0) is 6.69. The topological polar surface area (TPSA) is 38.7 Å². The van der Waals surface area contributed by atoms with E-state index in [0.29, 0.717) is 19.8 Å². The van der Waals surface area contributed by atoms with Gasteiger partial charge in [0.05, 0.1) is 25.9 Å². The Labute approximate surface area is 54.6 Å². The first-order chi connectivity index (χ1) is 4.34. The van der Waals surface area contributed by atoms with E-state index in [1.54, 1.807) is 7.11 Å². The van der Waals surface area contributed by atoms with Crippen LogP contribution in [-0.4, -0.2) is 38.1 Å². The minimum atomic E-state index is -0.315. The summed E-state index contributed by atoms with van der Waals surface area (Å²) in [4.78, 5) is 0. The van der Waals surface area contributed by atoms with Crippen molar-refractivity contribution in [1.29, 1.82) is 0 Å². The first kappa shape index (κ1) is 6.99. The van der Waals surface area contributed by atoms with Crippen molar-refractivity contribution in [1.82, 2.24) is 0 Å². The van der Waals surface area contributed by atoms with Crippen molar-refractivity contribution in [3.05, 3.63) is 0 Å². The van der Waals surface area contributed by atoms with Crippen LogP contribution in [0.1, 0.15) is 0 Å². The molecule has 0 unspecified atom stereocenters. The number of aliphatic hydroxyl groups is 1. The summed E-state index contributed by atoms with van der Waals surface area (Å²) in [6.45, 7) is 1.70. The predicted octanol–water partition coefficient (Wildman–Crippen LogP) is -0.360. The Bertz CT molecular complexity index is 84.4. The van der Waals surface area contributed by atoms with Gasteiger partial charge in [0.1, 0.15) is 0 Å². The van der Waals surface area contributed by atoms with E-state index >= 15 is 0 Å². The van der Waals surface area contributed by atoms with Crippen molar-refractivity contribution >= 4 is 0 Å². The number of aliphatic hydroxyl groups excluding tert-OH is 1. The van der Waals surface area contributed by atoms with Gasteiger partial charge in [-0.05, 0) is 0 Å². The molecule has 1 rings (SSSR count). The molecular formula is C6H12O3. The molecule has 2 atom stereocenters. The van der Waals surface area contributed by atoms with Gasteiger partial charge >= 0.3 is 0 Å². The fourth-order valence-electron chi connectivity index (χ4n) is 0.961. The average Bonchev–Trinajstić information content (AvgIpc) is 2.18. The molecule has 1 saturated heterocycles. The predicted molar refractivity (Wildman–Crippen MR) is 32.2 cm³/mol. The average molecular weight is 132 g/mol.